The first-order valence-corrected chi connectivity index (χ1v) is 6.99. The monoisotopic (exact) mass is 281 g/mol. The molecule has 2 N–H and O–H groups in total. The molecular weight excluding hydrogens is 262 g/mol. The Bertz CT molecular complexity index is 440. The molecular formula is C14H19NO3S. The molecule has 0 radical (unpaired) electrons. The first-order chi connectivity index (χ1) is 8.80. The second-order valence-corrected chi connectivity index (χ2v) is 6.36. The number of benzene rings is 1. The number of rotatable bonds is 5. The van der Waals surface area contributed by atoms with Gasteiger partial charge in [0.2, 0.25) is 5.91 Å². The number of hydrogen-bond acceptors (Lipinski definition) is 3. The minimum absolute atomic E-state index is 0.212. The van der Waals surface area contributed by atoms with E-state index in [-0.39, 0.29) is 11.7 Å². The zero-order valence-corrected chi connectivity index (χ0v) is 12.2. The van der Waals surface area contributed by atoms with E-state index in [2.05, 4.69) is 5.32 Å². The molecule has 1 aromatic carbocycles. The Hall–Kier alpha value is -1.49. The van der Waals surface area contributed by atoms with Crippen molar-refractivity contribution in [2.24, 2.45) is 5.41 Å². The van der Waals surface area contributed by atoms with Crippen LogP contribution in [0.15, 0.2) is 35.2 Å². The molecule has 0 unspecified atom stereocenters. The van der Waals surface area contributed by atoms with Gasteiger partial charge in [0, 0.05) is 4.90 Å². The van der Waals surface area contributed by atoms with Gasteiger partial charge in [-0.2, -0.15) is 0 Å². The minimum Gasteiger partial charge on any atom is -0.480 e. The molecule has 0 saturated heterocycles. The summed E-state index contributed by atoms with van der Waals surface area (Å²) in [5.41, 5.74) is -0.515. The summed E-state index contributed by atoms with van der Waals surface area (Å²) in [4.78, 5) is 23.9. The molecule has 5 heteroatoms. The first-order valence-electron chi connectivity index (χ1n) is 6.00. The van der Waals surface area contributed by atoms with Gasteiger partial charge >= 0.3 is 5.97 Å². The molecule has 0 bridgehead atoms. The maximum atomic E-state index is 11.8. The van der Waals surface area contributed by atoms with Crippen LogP contribution in [-0.4, -0.2) is 28.8 Å². The fraction of sp³-hybridized carbons (Fsp3) is 0.429. The van der Waals surface area contributed by atoms with Crippen molar-refractivity contribution in [3.05, 3.63) is 30.3 Å². The van der Waals surface area contributed by atoms with Crippen molar-refractivity contribution in [3.63, 3.8) is 0 Å². The van der Waals surface area contributed by atoms with E-state index in [0.29, 0.717) is 0 Å². The third kappa shape index (κ3) is 5.34. The summed E-state index contributed by atoms with van der Waals surface area (Å²) in [7, 11) is 0. The standard InChI is InChI=1S/C14H19NO3S/c1-14(2,3)12(13(17)18)15-11(16)9-19-10-7-5-4-6-8-10/h4-8,12H,9H2,1-3H3,(H,15,16)(H,17,18)/t12-/m0/s1. The average Bonchev–Trinajstić information content (AvgIpc) is 2.33. The quantitative estimate of drug-likeness (QED) is 0.813. The number of carboxylic acid groups (broad SMARTS) is 1. The zero-order valence-electron chi connectivity index (χ0n) is 11.3. The minimum atomic E-state index is -1.01. The molecule has 0 fully saturated rings. The van der Waals surface area contributed by atoms with Crippen LogP contribution in [-0.2, 0) is 9.59 Å². The van der Waals surface area contributed by atoms with Crippen LogP contribution in [0.5, 0.6) is 0 Å². The lowest BCUT2D eigenvalue weighted by molar-refractivity contribution is -0.144. The second-order valence-electron chi connectivity index (χ2n) is 5.31. The average molecular weight is 281 g/mol. The number of carbonyl (C=O) groups is 2. The summed E-state index contributed by atoms with van der Waals surface area (Å²) in [6.45, 7) is 5.36. The van der Waals surface area contributed by atoms with Gasteiger partial charge in [-0.3, -0.25) is 4.79 Å². The van der Waals surface area contributed by atoms with Gasteiger partial charge < -0.3 is 10.4 Å². The van der Waals surface area contributed by atoms with E-state index < -0.39 is 17.4 Å². The number of thioether (sulfide) groups is 1. The van der Waals surface area contributed by atoms with E-state index in [1.165, 1.54) is 11.8 Å². The lowest BCUT2D eigenvalue weighted by atomic mass is 9.87. The van der Waals surface area contributed by atoms with Crippen molar-refractivity contribution in [2.45, 2.75) is 31.7 Å². The van der Waals surface area contributed by atoms with Crippen molar-refractivity contribution in [2.75, 3.05) is 5.75 Å². The molecule has 19 heavy (non-hydrogen) atoms. The van der Waals surface area contributed by atoms with Gasteiger partial charge in [-0.15, -0.1) is 11.8 Å². The van der Waals surface area contributed by atoms with Crippen molar-refractivity contribution in [3.8, 4) is 0 Å². The number of nitrogens with one attached hydrogen (secondary N) is 1. The van der Waals surface area contributed by atoms with E-state index in [1.807, 2.05) is 30.3 Å². The third-order valence-corrected chi connectivity index (χ3v) is 3.54. The van der Waals surface area contributed by atoms with Crippen LogP contribution < -0.4 is 5.32 Å². The van der Waals surface area contributed by atoms with Crippen LogP contribution >= 0.6 is 11.8 Å². The topological polar surface area (TPSA) is 66.4 Å². The molecule has 0 saturated carbocycles. The van der Waals surface area contributed by atoms with Crippen LogP contribution in [0.2, 0.25) is 0 Å². The molecule has 0 aliphatic heterocycles. The normalized spacial score (nSPS) is 12.8. The number of aliphatic carboxylic acids is 1. The van der Waals surface area contributed by atoms with Crippen LogP contribution in [0.25, 0.3) is 0 Å². The highest BCUT2D eigenvalue weighted by molar-refractivity contribution is 8.00. The molecule has 0 aromatic heterocycles. The predicted molar refractivity (Wildman–Crippen MR) is 76.2 cm³/mol. The van der Waals surface area contributed by atoms with Gasteiger partial charge in [-0.25, -0.2) is 4.79 Å². The molecule has 0 heterocycles. The number of carboxylic acids is 1. The Morgan fingerprint density at radius 2 is 1.84 bits per heavy atom. The molecule has 0 aliphatic rings. The molecule has 4 nitrogen and oxygen atoms in total. The van der Waals surface area contributed by atoms with Crippen LogP contribution in [0.4, 0.5) is 0 Å². The van der Waals surface area contributed by atoms with Crippen molar-refractivity contribution in [1.29, 1.82) is 0 Å². The highest BCUT2D eigenvalue weighted by Gasteiger charge is 2.32. The lowest BCUT2D eigenvalue weighted by Gasteiger charge is -2.27. The molecule has 0 aliphatic carbocycles. The highest BCUT2D eigenvalue weighted by Crippen LogP contribution is 2.20. The molecule has 1 rings (SSSR count). The maximum Gasteiger partial charge on any atom is 0.326 e. The first kappa shape index (κ1) is 15.6. The second kappa shape index (κ2) is 6.61. The Kier molecular flexibility index (Phi) is 5.42. The van der Waals surface area contributed by atoms with Gasteiger partial charge in [0.15, 0.2) is 0 Å². The summed E-state index contributed by atoms with van der Waals surface area (Å²) < 4.78 is 0. The fourth-order valence-electron chi connectivity index (χ4n) is 1.52. The highest BCUT2D eigenvalue weighted by atomic mass is 32.2. The van der Waals surface area contributed by atoms with Crippen LogP contribution in [0.1, 0.15) is 20.8 Å². The number of amides is 1. The van der Waals surface area contributed by atoms with E-state index in [9.17, 15) is 9.59 Å². The van der Waals surface area contributed by atoms with E-state index in [0.717, 1.165) is 4.90 Å². The smallest absolute Gasteiger partial charge is 0.326 e. The maximum absolute atomic E-state index is 11.8. The van der Waals surface area contributed by atoms with Gasteiger partial charge in [-0.1, -0.05) is 39.0 Å². The third-order valence-electron chi connectivity index (χ3n) is 2.53. The Balaban J connectivity index is 2.52. The van der Waals surface area contributed by atoms with Crippen molar-refractivity contribution < 1.29 is 14.7 Å². The van der Waals surface area contributed by atoms with Crippen molar-refractivity contribution >= 4 is 23.6 Å². The molecule has 104 valence electrons. The van der Waals surface area contributed by atoms with E-state index in [1.54, 1.807) is 20.8 Å². The largest absolute Gasteiger partial charge is 0.480 e. The van der Waals surface area contributed by atoms with E-state index >= 15 is 0 Å². The fourth-order valence-corrected chi connectivity index (χ4v) is 2.25. The van der Waals surface area contributed by atoms with Gasteiger partial charge in [0.1, 0.15) is 6.04 Å². The van der Waals surface area contributed by atoms with Gasteiger partial charge in [-0.05, 0) is 17.5 Å². The number of hydrogen-bond donors (Lipinski definition) is 2. The van der Waals surface area contributed by atoms with Gasteiger partial charge in [0.25, 0.3) is 0 Å². The summed E-state index contributed by atoms with van der Waals surface area (Å²) in [5.74, 6) is -1.06. The Morgan fingerprint density at radius 3 is 2.32 bits per heavy atom. The Morgan fingerprint density at radius 1 is 1.26 bits per heavy atom. The van der Waals surface area contributed by atoms with Gasteiger partial charge in [0.05, 0.1) is 5.75 Å². The summed E-state index contributed by atoms with van der Waals surface area (Å²) >= 11 is 1.39. The Labute approximate surface area is 117 Å². The predicted octanol–water partition coefficient (Wildman–Crippen LogP) is 2.39. The van der Waals surface area contributed by atoms with Crippen LogP contribution in [0, 0.1) is 5.41 Å². The summed E-state index contributed by atoms with van der Waals surface area (Å²) in [6.07, 6.45) is 0. The molecule has 1 atom stereocenters. The molecule has 1 aromatic rings. The lowest BCUT2D eigenvalue weighted by Crippen LogP contribution is -2.49. The van der Waals surface area contributed by atoms with E-state index in [4.69, 9.17) is 5.11 Å². The molecule has 1 amide bonds. The SMILES string of the molecule is CC(C)(C)[C@@H](NC(=O)CSc1ccccc1)C(=O)O. The molecule has 0 spiro atoms. The van der Waals surface area contributed by atoms with Crippen molar-refractivity contribution in [1.82, 2.24) is 5.32 Å². The van der Waals surface area contributed by atoms with Crippen LogP contribution in [0.3, 0.4) is 0 Å². The summed E-state index contributed by atoms with van der Waals surface area (Å²) in [5, 5.41) is 11.7. The zero-order chi connectivity index (χ0) is 14.5. The summed E-state index contributed by atoms with van der Waals surface area (Å²) in [6, 6.07) is 8.65. The number of carbonyl (C=O) groups excluding carboxylic acids is 1.